The van der Waals surface area contributed by atoms with Gasteiger partial charge in [-0.2, -0.15) is 17.9 Å². The highest BCUT2D eigenvalue weighted by Crippen LogP contribution is 2.32. The molecule has 2 aromatic carbocycles. The predicted molar refractivity (Wildman–Crippen MR) is 107 cm³/mol. The fourth-order valence-corrected chi connectivity index (χ4v) is 3.93. The molecule has 3 aromatic rings. The molecule has 11 heteroatoms. The zero-order chi connectivity index (χ0) is 22.0. The number of phenols is 1. The van der Waals surface area contributed by atoms with E-state index in [2.05, 4.69) is 20.8 Å². The van der Waals surface area contributed by atoms with Crippen LogP contribution in [-0.2, 0) is 12.7 Å². The third-order valence-corrected chi connectivity index (χ3v) is 5.40. The van der Waals surface area contributed by atoms with E-state index in [1.165, 1.54) is 18.2 Å². The molecule has 1 aliphatic rings. The Morgan fingerprint density at radius 1 is 1.16 bits per heavy atom. The number of hydrogen-bond acceptors (Lipinski definition) is 6. The normalized spacial score (nSPS) is 20.1. The van der Waals surface area contributed by atoms with Gasteiger partial charge in [-0.05, 0) is 53.6 Å². The summed E-state index contributed by atoms with van der Waals surface area (Å²) in [5, 5.41) is 23.3. The zero-order valence-corrected chi connectivity index (χ0v) is 16.5. The number of piperidine rings is 1. The van der Waals surface area contributed by atoms with Crippen LogP contribution in [0.2, 0.25) is 0 Å². The molecule has 2 heterocycles. The third kappa shape index (κ3) is 4.57. The van der Waals surface area contributed by atoms with Crippen LogP contribution in [0.1, 0.15) is 35.8 Å². The van der Waals surface area contributed by atoms with E-state index in [1.807, 2.05) is 30.3 Å². The predicted octanol–water partition coefficient (Wildman–Crippen LogP) is 2.77. The van der Waals surface area contributed by atoms with E-state index in [1.54, 1.807) is 4.81 Å². The molecule has 0 bridgehead atoms. The van der Waals surface area contributed by atoms with Gasteiger partial charge in [0.2, 0.25) is 0 Å². The molecule has 1 aromatic heterocycles. The van der Waals surface area contributed by atoms with Crippen LogP contribution < -0.4 is 5.32 Å². The molecule has 0 spiro atoms. The standard InChI is InChI=1S/C20H20BF3N6O/c21-29-10-4-7-16(18(29)13-5-2-1-3-6-13)25-12-14-11-15(8-9-17(14)31)30-19(20(22,23)24)26-27-28-30/h1-3,5-6,8-9,11,16,18,25,31H,4,7,10,12H2/t16-,18-/m0/s1. The van der Waals surface area contributed by atoms with Crippen molar-refractivity contribution in [1.29, 1.82) is 0 Å². The van der Waals surface area contributed by atoms with Crippen molar-refractivity contribution in [2.24, 2.45) is 0 Å². The van der Waals surface area contributed by atoms with E-state index >= 15 is 0 Å². The van der Waals surface area contributed by atoms with E-state index in [4.69, 9.17) is 7.98 Å². The molecule has 0 aliphatic carbocycles. The Kier molecular flexibility index (Phi) is 5.97. The maximum absolute atomic E-state index is 13.1. The van der Waals surface area contributed by atoms with Gasteiger partial charge in [-0.1, -0.05) is 30.3 Å². The van der Waals surface area contributed by atoms with Crippen molar-refractivity contribution in [3.63, 3.8) is 0 Å². The number of aromatic nitrogens is 4. The molecule has 0 saturated carbocycles. The molecule has 1 fully saturated rings. The van der Waals surface area contributed by atoms with E-state index in [9.17, 15) is 18.3 Å². The first-order valence-corrected chi connectivity index (χ1v) is 9.82. The van der Waals surface area contributed by atoms with Crippen molar-refractivity contribution in [3.05, 3.63) is 65.5 Å². The van der Waals surface area contributed by atoms with Crippen LogP contribution in [0.15, 0.2) is 48.5 Å². The van der Waals surface area contributed by atoms with Crippen molar-refractivity contribution in [1.82, 2.24) is 30.3 Å². The molecule has 31 heavy (non-hydrogen) atoms. The number of rotatable bonds is 5. The van der Waals surface area contributed by atoms with E-state index < -0.39 is 12.0 Å². The van der Waals surface area contributed by atoms with Gasteiger partial charge in [0.05, 0.1) is 5.69 Å². The largest absolute Gasteiger partial charge is 0.508 e. The van der Waals surface area contributed by atoms with Crippen LogP contribution >= 0.6 is 0 Å². The van der Waals surface area contributed by atoms with E-state index in [-0.39, 0.29) is 30.1 Å². The summed E-state index contributed by atoms with van der Waals surface area (Å²) in [5.74, 6) is -1.26. The average molecular weight is 428 g/mol. The summed E-state index contributed by atoms with van der Waals surface area (Å²) in [5.41, 5.74) is 1.61. The molecule has 2 N–H and O–H groups in total. The topological polar surface area (TPSA) is 79.1 Å². The molecule has 1 saturated heterocycles. The van der Waals surface area contributed by atoms with Gasteiger partial charge in [-0.25, -0.2) is 0 Å². The molecule has 0 unspecified atom stereocenters. The molecule has 160 valence electrons. The number of aromatic hydroxyl groups is 1. The number of benzene rings is 2. The van der Waals surface area contributed by atoms with Crippen LogP contribution in [0.3, 0.4) is 0 Å². The second-order valence-electron chi connectivity index (χ2n) is 7.45. The lowest BCUT2D eigenvalue weighted by molar-refractivity contribution is -0.146. The lowest BCUT2D eigenvalue weighted by Crippen LogP contribution is -2.47. The quantitative estimate of drug-likeness (QED) is 0.609. The number of nitrogens with one attached hydrogen (secondary N) is 1. The maximum Gasteiger partial charge on any atom is 0.453 e. The van der Waals surface area contributed by atoms with Crippen molar-refractivity contribution >= 4 is 7.98 Å². The summed E-state index contributed by atoms with van der Waals surface area (Å²) in [7, 11) is 6.26. The molecular weight excluding hydrogens is 408 g/mol. The summed E-state index contributed by atoms with van der Waals surface area (Å²) < 4.78 is 40.0. The van der Waals surface area contributed by atoms with Crippen LogP contribution in [0.5, 0.6) is 5.75 Å². The van der Waals surface area contributed by atoms with Gasteiger partial charge in [0, 0.05) is 24.2 Å². The molecular formula is C20H20BF3N6O. The smallest absolute Gasteiger partial charge is 0.453 e. The summed E-state index contributed by atoms with van der Waals surface area (Å²) in [6.07, 6.45) is -2.92. The molecule has 2 atom stereocenters. The minimum Gasteiger partial charge on any atom is -0.508 e. The van der Waals surface area contributed by atoms with Crippen molar-refractivity contribution in [2.45, 2.75) is 37.6 Å². The van der Waals surface area contributed by atoms with Gasteiger partial charge in [0.1, 0.15) is 5.75 Å². The highest BCUT2D eigenvalue weighted by atomic mass is 19.4. The Morgan fingerprint density at radius 2 is 1.94 bits per heavy atom. The minimum atomic E-state index is -4.70. The minimum absolute atomic E-state index is 0.00276. The SMILES string of the molecule is [B]N1CCC[C@H](NCc2cc(-n3nnnc3C(F)(F)F)ccc2O)[C@@H]1c1ccccc1. The monoisotopic (exact) mass is 428 g/mol. The lowest BCUT2D eigenvalue weighted by Gasteiger charge is -2.40. The summed E-state index contributed by atoms with van der Waals surface area (Å²) in [6, 6.07) is 13.9. The van der Waals surface area contributed by atoms with Gasteiger partial charge in [0.25, 0.3) is 5.82 Å². The van der Waals surface area contributed by atoms with Crippen molar-refractivity contribution < 1.29 is 18.3 Å². The van der Waals surface area contributed by atoms with Gasteiger partial charge in [-0.15, -0.1) is 5.10 Å². The number of halogens is 3. The molecule has 0 amide bonds. The number of tetrazole rings is 1. The Hall–Kier alpha value is -2.92. The van der Waals surface area contributed by atoms with E-state index in [0.29, 0.717) is 10.2 Å². The second kappa shape index (κ2) is 8.68. The van der Waals surface area contributed by atoms with Gasteiger partial charge in [-0.3, -0.25) is 0 Å². The Morgan fingerprint density at radius 3 is 2.68 bits per heavy atom. The maximum atomic E-state index is 13.1. The number of hydrogen-bond donors (Lipinski definition) is 2. The van der Waals surface area contributed by atoms with E-state index in [0.717, 1.165) is 24.9 Å². The molecule has 4 rings (SSSR count). The zero-order valence-electron chi connectivity index (χ0n) is 16.5. The molecule has 2 radical (unpaired) electrons. The number of nitrogens with zero attached hydrogens (tertiary/aromatic N) is 5. The third-order valence-electron chi connectivity index (χ3n) is 5.40. The Bertz CT molecular complexity index is 1030. The summed E-state index contributed by atoms with van der Waals surface area (Å²) in [4.78, 5) is 1.80. The fourth-order valence-electron chi connectivity index (χ4n) is 3.93. The Balaban J connectivity index is 1.56. The van der Waals surface area contributed by atoms with Crippen molar-refractivity contribution in [2.75, 3.05) is 6.54 Å². The van der Waals surface area contributed by atoms with Gasteiger partial charge < -0.3 is 15.2 Å². The van der Waals surface area contributed by atoms with Gasteiger partial charge in [0.15, 0.2) is 7.98 Å². The first-order chi connectivity index (χ1) is 14.8. The number of alkyl halides is 3. The highest BCUT2D eigenvalue weighted by molar-refractivity contribution is 6.04. The summed E-state index contributed by atoms with van der Waals surface area (Å²) in [6.45, 7) is 1.00. The van der Waals surface area contributed by atoms with Crippen LogP contribution in [0, 0.1) is 0 Å². The molecule has 1 aliphatic heterocycles. The summed E-state index contributed by atoms with van der Waals surface area (Å²) >= 11 is 0. The lowest BCUT2D eigenvalue weighted by atomic mass is 9.88. The first kappa shape index (κ1) is 21.3. The highest BCUT2D eigenvalue weighted by Gasteiger charge is 2.38. The second-order valence-corrected chi connectivity index (χ2v) is 7.45. The fraction of sp³-hybridized carbons (Fsp3) is 0.350. The van der Waals surface area contributed by atoms with Crippen molar-refractivity contribution in [3.8, 4) is 11.4 Å². The van der Waals surface area contributed by atoms with Crippen LogP contribution in [0.4, 0.5) is 13.2 Å². The van der Waals surface area contributed by atoms with Crippen LogP contribution in [0.25, 0.3) is 5.69 Å². The number of phenolic OH excluding ortho intramolecular Hbond substituents is 1. The first-order valence-electron chi connectivity index (χ1n) is 9.82. The Labute approximate surface area is 178 Å². The molecule has 7 nitrogen and oxygen atoms in total. The van der Waals surface area contributed by atoms with Gasteiger partial charge >= 0.3 is 6.18 Å². The average Bonchev–Trinajstić information content (AvgIpc) is 3.24. The van der Waals surface area contributed by atoms with Crippen LogP contribution in [-0.4, -0.2) is 50.7 Å².